The van der Waals surface area contributed by atoms with E-state index in [-0.39, 0.29) is 11.8 Å². The van der Waals surface area contributed by atoms with Crippen LogP contribution in [0.15, 0.2) is 17.5 Å². The maximum absolute atomic E-state index is 11.5. The summed E-state index contributed by atoms with van der Waals surface area (Å²) < 4.78 is 5.18. The molecule has 0 bridgehead atoms. The van der Waals surface area contributed by atoms with E-state index in [2.05, 4.69) is 10.9 Å². The highest BCUT2D eigenvalue weighted by Crippen LogP contribution is 2.11. The summed E-state index contributed by atoms with van der Waals surface area (Å²) in [5.74, 6) is -0.594. The van der Waals surface area contributed by atoms with Gasteiger partial charge < -0.3 is 4.74 Å². The molecule has 1 aliphatic heterocycles. The first kappa shape index (κ1) is 11.1. The van der Waals surface area contributed by atoms with Crippen LogP contribution in [0.25, 0.3) is 0 Å². The van der Waals surface area contributed by atoms with Gasteiger partial charge in [0.15, 0.2) is 0 Å². The molecule has 0 spiro atoms. The van der Waals surface area contributed by atoms with Gasteiger partial charge in [-0.2, -0.15) is 0 Å². The minimum Gasteiger partial charge on any atom is -0.368 e. The number of hydrogen-bond acceptors (Lipinski definition) is 4. The lowest BCUT2D eigenvalue weighted by molar-refractivity contribution is -0.130. The third-order valence-corrected chi connectivity index (χ3v) is 3.13. The van der Waals surface area contributed by atoms with Gasteiger partial charge in [-0.3, -0.25) is 20.4 Å². The Morgan fingerprint density at radius 2 is 2.31 bits per heavy atom. The topological polar surface area (TPSA) is 67.4 Å². The van der Waals surface area contributed by atoms with Gasteiger partial charge in [0.2, 0.25) is 0 Å². The van der Waals surface area contributed by atoms with Crippen molar-refractivity contribution < 1.29 is 14.3 Å². The van der Waals surface area contributed by atoms with Crippen LogP contribution in [-0.4, -0.2) is 24.5 Å². The number of nitrogens with one attached hydrogen (secondary N) is 2. The lowest BCUT2D eigenvalue weighted by Gasteiger charge is -2.10. The SMILES string of the molecule is O=C(NNC(=O)[C@H]1CCCO1)c1cccs1. The van der Waals surface area contributed by atoms with E-state index in [0.717, 1.165) is 6.42 Å². The van der Waals surface area contributed by atoms with Crippen LogP contribution in [0, 0.1) is 0 Å². The molecule has 0 radical (unpaired) electrons. The van der Waals surface area contributed by atoms with Crippen LogP contribution in [0.4, 0.5) is 0 Å². The average molecular weight is 240 g/mol. The van der Waals surface area contributed by atoms with E-state index in [1.807, 2.05) is 0 Å². The second kappa shape index (κ2) is 5.09. The Hall–Kier alpha value is -1.40. The Balaban J connectivity index is 1.79. The number of rotatable bonds is 2. The fraction of sp³-hybridized carbons (Fsp3) is 0.400. The molecule has 6 heteroatoms. The summed E-state index contributed by atoms with van der Waals surface area (Å²) in [6, 6.07) is 3.47. The van der Waals surface area contributed by atoms with Gasteiger partial charge in [-0.1, -0.05) is 6.07 Å². The number of carbonyl (C=O) groups excluding carboxylic acids is 2. The van der Waals surface area contributed by atoms with Crippen molar-refractivity contribution in [1.29, 1.82) is 0 Å². The van der Waals surface area contributed by atoms with E-state index in [1.165, 1.54) is 11.3 Å². The lowest BCUT2D eigenvalue weighted by Crippen LogP contribution is -2.46. The molecule has 0 saturated carbocycles. The normalized spacial score (nSPS) is 19.4. The summed E-state index contributed by atoms with van der Waals surface area (Å²) in [5, 5.41) is 1.80. The van der Waals surface area contributed by atoms with E-state index in [1.54, 1.807) is 17.5 Å². The van der Waals surface area contributed by atoms with E-state index in [9.17, 15) is 9.59 Å². The minimum atomic E-state index is -0.427. The molecular weight excluding hydrogens is 228 g/mol. The molecular formula is C10H12N2O3S. The number of thiophene rings is 1. The Morgan fingerprint density at radius 1 is 1.44 bits per heavy atom. The predicted octanol–water partition coefficient (Wildman–Crippen LogP) is 0.688. The van der Waals surface area contributed by atoms with Gasteiger partial charge in [0.1, 0.15) is 6.10 Å². The maximum Gasteiger partial charge on any atom is 0.279 e. The molecule has 5 nitrogen and oxygen atoms in total. The molecule has 16 heavy (non-hydrogen) atoms. The van der Waals surface area contributed by atoms with Gasteiger partial charge in [0.25, 0.3) is 11.8 Å². The van der Waals surface area contributed by atoms with Crippen molar-refractivity contribution in [1.82, 2.24) is 10.9 Å². The van der Waals surface area contributed by atoms with E-state index in [0.29, 0.717) is 17.9 Å². The van der Waals surface area contributed by atoms with Gasteiger partial charge in [0, 0.05) is 6.61 Å². The van der Waals surface area contributed by atoms with E-state index in [4.69, 9.17) is 4.74 Å². The summed E-state index contributed by atoms with van der Waals surface area (Å²) in [6.45, 7) is 0.608. The van der Waals surface area contributed by atoms with Gasteiger partial charge >= 0.3 is 0 Å². The van der Waals surface area contributed by atoms with Crippen LogP contribution >= 0.6 is 11.3 Å². The molecule has 0 unspecified atom stereocenters. The van der Waals surface area contributed by atoms with Gasteiger partial charge in [-0.25, -0.2) is 0 Å². The monoisotopic (exact) mass is 240 g/mol. The molecule has 1 aromatic rings. The molecule has 1 saturated heterocycles. The molecule has 1 aromatic heterocycles. The van der Waals surface area contributed by atoms with Crippen LogP contribution in [0.3, 0.4) is 0 Å². The standard InChI is InChI=1S/C10H12N2O3S/c13-9(7-3-1-5-15-7)11-12-10(14)8-4-2-6-16-8/h2,4,6-7H,1,3,5H2,(H,11,13)(H,12,14)/t7-/m1/s1. The van der Waals surface area contributed by atoms with Crippen molar-refractivity contribution in [2.24, 2.45) is 0 Å². The molecule has 1 atom stereocenters. The number of hydrogen-bond donors (Lipinski definition) is 2. The Morgan fingerprint density at radius 3 is 2.94 bits per heavy atom. The number of hydrazine groups is 1. The second-order valence-corrected chi connectivity index (χ2v) is 4.37. The first-order chi connectivity index (χ1) is 7.77. The van der Waals surface area contributed by atoms with Crippen LogP contribution in [0.5, 0.6) is 0 Å². The number of amides is 2. The molecule has 2 N–H and O–H groups in total. The van der Waals surface area contributed by atoms with Crippen LogP contribution in [0.1, 0.15) is 22.5 Å². The Bertz CT molecular complexity index is 371. The molecule has 0 aliphatic carbocycles. The van der Waals surface area contributed by atoms with Crippen molar-refractivity contribution in [2.45, 2.75) is 18.9 Å². The van der Waals surface area contributed by atoms with Crippen molar-refractivity contribution in [3.8, 4) is 0 Å². The first-order valence-electron chi connectivity index (χ1n) is 5.02. The molecule has 1 fully saturated rings. The zero-order valence-corrected chi connectivity index (χ0v) is 9.38. The summed E-state index contributed by atoms with van der Waals surface area (Å²) in [6.07, 6.45) is 1.17. The zero-order chi connectivity index (χ0) is 11.4. The fourth-order valence-corrected chi connectivity index (χ4v) is 2.07. The Labute approximate surface area is 96.8 Å². The fourth-order valence-electron chi connectivity index (χ4n) is 1.45. The highest BCUT2D eigenvalue weighted by atomic mass is 32.1. The third kappa shape index (κ3) is 2.59. The summed E-state index contributed by atoms with van der Waals surface area (Å²) >= 11 is 1.32. The number of carbonyl (C=O) groups is 2. The smallest absolute Gasteiger partial charge is 0.279 e. The molecule has 2 heterocycles. The summed E-state index contributed by atoms with van der Waals surface area (Å²) in [5.41, 5.74) is 4.71. The van der Waals surface area contributed by atoms with E-state index >= 15 is 0 Å². The largest absolute Gasteiger partial charge is 0.368 e. The molecule has 2 amide bonds. The first-order valence-corrected chi connectivity index (χ1v) is 5.90. The van der Waals surface area contributed by atoms with Gasteiger partial charge in [-0.05, 0) is 24.3 Å². The van der Waals surface area contributed by atoms with Gasteiger partial charge in [-0.15, -0.1) is 11.3 Å². The summed E-state index contributed by atoms with van der Waals surface area (Å²) in [7, 11) is 0. The highest BCUT2D eigenvalue weighted by molar-refractivity contribution is 7.12. The minimum absolute atomic E-state index is 0.289. The predicted molar refractivity (Wildman–Crippen MR) is 58.9 cm³/mol. The van der Waals surface area contributed by atoms with Crippen LogP contribution < -0.4 is 10.9 Å². The van der Waals surface area contributed by atoms with Gasteiger partial charge in [0.05, 0.1) is 4.88 Å². The van der Waals surface area contributed by atoms with Crippen LogP contribution in [0.2, 0.25) is 0 Å². The molecule has 86 valence electrons. The van der Waals surface area contributed by atoms with Crippen LogP contribution in [-0.2, 0) is 9.53 Å². The maximum atomic E-state index is 11.5. The zero-order valence-electron chi connectivity index (χ0n) is 8.56. The third-order valence-electron chi connectivity index (χ3n) is 2.27. The lowest BCUT2D eigenvalue weighted by atomic mass is 10.2. The summed E-state index contributed by atoms with van der Waals surface area (Å²) in [4.78, 5) is 23.5. The van der Waals surface area contributed by atoms with Crippen molar-refractivity contribution in [2.75, 3.05) is 6.61 Å². The molecule has 0 aromatic carbocycles. The second-order valence-electron chi connectivity index (χ2n) is 3.42. The van der Waals surface area contributed by atoms with Crippen molar-refractivity contribution in [3.63, 3.8) is 0 Å². The number of ether oxygens (including phenoxy) is 1. The quantitative estimate of drug-likeness (QED) is 0.747. The average Bonchev–Trinajstić information content (AvgIpc) is 2.95. The van der Waals surface area contributed by atoms with Crippen molar-refractivity contribution in [3.05, 3.63) is 22.4 Å². The highest BCUT2D eigenvalue weighted by Gasteiger charge is 2.23. The Kier molecular flexibility index (Phi) is 3.53. The van der Waals surface area contributed by atoms with Crippen molar-refractivity contribution >= 4 is 23.2 Å². The molecule has 2 rings (SSSR count). The molecule has 1 aliphatic rings. The van der Waals surface area contributed by atoms with E-state index < -0.39 is 6.10 Å².